The SMILES string of the molecule is NC(=O)CC(=O)[C@@]1(O)C(=O)C2C(=O)c3c(O)ccc(-c4cccc(C(N)=O)c4)c3C[C@H]2C[C@H]1CCO. The van der Waals surface area contributed by atoms with Gasteiger partial charge in [-0.05, 0) is 60.1 Å². The molecule has 1 saturated carbocycles. The number of fused-ring (bicyclic) bond motifs is 2. The van der Waals surface area contributed by atoms with E-state index in [0.717, 1.165) is 0 Å². The number of ketones is 3. The zero-order valence-corrected chi connectivity index (χ0v) is 19.3. The lowest BCUT2D eigenvalue weighted by Gasteiger charge is -2.46. The molecule has 36 heavy (non-hydrogen) atoms. The molecule has 2 aromatic rings. The van der Waals surface area contributed by atoms with E-state index in [1.54, 1.807) is 30.3 Å². The van der Waals surface area contributed by atoms with Crippen molar-refractivity contribution in [2.45, 2.75) is 31.3 Å². The predicted octanol–water partition coefficient (Wildman–Crippen LogP) is 0.276. The fourth-order valence-corrected chi connectivity index (χ4v) is 5.65. The van der Waals surface area contributed by atoms with Gasteiger partial charge in [-0.3, -0.25) is 24.0 Å². The number of amides is 2. The fourth-order valence-electron chi connectivity index (χ4n) is 5.65. The Labute approximate surface area is 205 Å². The molecule has 0 spiro atoms. The summed E-state index contributed by atoms with van der Waals surface area (Å²) in [4.78, 5) is 63.0. The van der Waals surface area contributed by atoms with Crippen molar-refractivity contribution >= 4 is 29.2 Å². The van der Waals surface area contributed by atoms with E-state index in [0.29, 0.717) is 16.7 Å². The highest BCUT2D eigenvalue weighted by Gasteiger charge is 2.60. The minimum Gasteiger partial charge on any atom is -0.507 e. The molecule has 2 aliphatic carbocycles. The van der Waals surface area contributed by atoms with Crippen molar-refractivity contribution in [3.05, 3.63) is 53.1 Å². The first-order chi connectivity index (χ1) is 17.0. The van der Waals surface area contributed by atoms with Gasteiger partial charge in [0.05, 0.1) is 17.9 Å². The van der Waals surface area contributed by atoms with Gasteiger partial charge in [0, 0.05) is 18.1 Å². The van der Waals surface area contributed by atoms with Gasteiger partial charge in [0.2, 0.25) is 11.8 Å². The lowest BCUT2D eigenvalue weighted by molar-refractivity contribution is -0.167. The molecule has 7 N–H and O–H groups in total. The summed E-state index contributed by atoms with van der Waals surface area (Å²) in [6.45, 7) is -0.433. The third-order valence-corrected chi connectivity index (χ3v) is 7.29. The molecule has 0 saturated heterocycles. The quantitative estimate of drug-likeness (QED) is 0.338. The highest BCUT2D eigenvalue weighted by atomic mass is 16.3. The summed E-state index contributed by atoms with van der Waals surface area (Å²) in [6, 6.07) is 9.36. The number of hydrogen-bond donors (Lipinski definition) is 5. The van der Waals surface area contributed by atoms with Crippen molar-refractivity contribution in [2.24, 2.45) is 29.2 Å². The molecule has 2 aliphatic rings. The van der Waals surface area contributed by atoms with Crippen LogP contribution >= 0.6 is 0 Å². The van der Waals surface area contributed by atoms with Gasteiger partial charge in [0.15, 0.2) is 23.0 Å². The van der Waals surface area contributed by atoms with Gasteiger partial charge < -0.3 is 26.8 Å². The van der Waals surface area contributed by atoms with Gasteiger partial charge in [0.1, 0.15) is 5.75 Å². The molecule has 0 aliphatic heterocycles. The first-order valence-corrected chi connectivity index (χ1v) is 11.5. The molecule has 0 aromatic heterocycles. The van der Waals surface area contributed by atoms with Gasteiger partial charge >= 0.3 is 0 Å². The number of Topliss-reactive ketones (excluding diaryl/α,β-unsaturated/α-hetero) is 3. The predicted molar refractivity (Wildman–Crippen MR) is 126 cm³/mol. The van der Waals surface area contributed by atoms with E-state index in [9.17, 15) is 39.3 Å². The lowest BCUT2D eigenvalue weighted by atomic mass is 9.57. The topological polar surface area (TPSA) is 198 Å². The van der Waals surface area contributed by atoms with E-state index in [1.807, 2.05) is 0 Å². The van der Waals surface area contributed by atoms with Crippen molar-refractivity contribution in [3.8, 4) is 16.9 Å². The van der Waals surface area contributed by atoms with Gasteiger partial charge in [0.25, 0.3) is 0 Å². The average molecular weight is 495 g/mol. The number of nitrogens with two attached hydrogens (primary N) is 2. The van der Waals surface area contributed by atoms with Crippen LogP contribution in [0.1, 0.15) is 45.5 Å². The highest BCUT2D eigenvalue weighted by Crippen LogP contribution is 2.49. The number of phenolic OH excluding ortho intramolecular Hbond substituents is 1. The van der Waals surface area contributed by atoms with E-state index in [1.165, 1.54) is 6.07 Å². The smallest absolute Gasteiger partial charge is 0.248 e. The Morgan fingerprint density at radius 2 is 1.81 bits per heavy atom. The maximum Gasteiger partial charge on any atom is 0.248 e. The third kappa shape index (κ3) is 3.98. The number of benzene rings is 2. The Kier molecular flexibility index (Phi) is 6.50. The summed E-state index contributed by atoms with van der Waals surface area (Å²) in [5, 5.41) is 31.4. The normalized spacial score (nSPS) is 25.1. The number of aliphatic hydroxyl groups excluding tert-OH is 1. The minimum absolute atomic E-state index is 0.0412. The molecule has 1 unspecified atom stereocenters. The summed E-state index contributed by atoms with van der Waals surface area (Å²) >= 11 is 0. The zero-order chi connectivity index (χ0) is 26.4. The number of aromatic hydroxyl groups is 1. The molecular formula is C26H26N2O8. The number of carbonyl (C=O) groups is 5. The second kappa shape index (κ2) is 9.29. The van der Waals surface area contributed by atoms with Gasteiger partial charge in [-0.25, -0.2) is 0 Å². The number of primary amides is 2. The number of phenols is 1. The summed E-state index contributed by atoms with van der Waals surface area (Å²) < 4.78 is 0. The van der Waals surface area contributed by atoms with E-state index < -0.39 is 65.5 Å². The van der Waals surface area contributed by atoms with Gasteiger partial charge in [-0.1, -0.05) is 18.2 Å². The second-order valence-corrected chi connectivity index (χ2v) is 9.38. The van der Waals surface area contributed by atoms with Crippen LogP contribution in [0.25, 0.3) is 11.1 Å². The monoisotopic (exact) mass is 494 g/mol. The molecule has 10 nitrogen and oxygen atoms in total. The maximum atomic E-state index is 13.6. The Bertz CT molecular complexity index is 1300. The molecule has 1 fully saturated rings. The molecule has 188 valence electrons. The third-order valence-electron chi connectivity index (χ3n) is 7.29. The van der Waals surface area contributed by atoms with Crippen molar-refractivity contribution in [2.75, 3.05) is 6.61 Å². The van der Waals surface area contributed by atoms with Crippen LogP contribution in [0.2, 0.25) is 0 Å². The molecular weight excluding hydrogens is 468 g/mol. The maximum absolute atomic E-state index is 13.6. The van der Waals surface area contributed by atoms with Crippen molar-refractivity contribution < 1.29 is 39.3 Å². The summed E-state index contributed by atoms with van der Waals surface area (Å²) in [5.41, 5.74) is 9.61. The van der Waals surface area contributed by atoms with Crippen LogP contribution in [0.3, 0.4) is 0 Å². The molecule has 0 bridgehead atoms. The average Bonchev–Trinajstić information content (AvgIpc) is 2.82. The summed E-state index contributed by atoms with van der Waals surface area (Å²) in [7, 11) is 0. The Hall–Kier alpha value is -3.89. The van der Waals surface area contributed by atoms with Crippen LogP contribution in [0.15, 0.2) is 36.4 Å². The van der Waals surface area contributed by atoms with E-state index in [-0.39, 0.29) is 36.1 Å². The summed E-state index contributed by atoms with van der Waals surface area (Å²) in [6.07, 6.45) is -0.800. The molecule has 0 heterocycles. The van der Waals surface area contributed by atoms with Crippen LogP contribution in [-0.4, -0.2) is 56.7 Å². The van der Waals surface area contributed by atoms with Crippen LogP contribution in [0.5, 0.6) is 5.75 Å². The minimum atomic E-state index is -2.66. The standard InChI is InChI=1S/C26H26N2O8/c27-20(32)11-19(31)26(36)15(6-7-29)9-14-10-17-16(12-2-1-3-13(8-12)25(28)35)4-5-18(30)22(17)23(33)21(14)24(26)34/h1-5,8,14-15,21,29-30,36H,6-7,9-11H2,(H2,27,32)(H2,28,35)/t14-,15-,21?,26-/m1/s1. The van der Waals surface area contributed by atoms with Crippen molar-refractivity contribution in [1.29, 1.82) is 0 Å². The number of carbonyl (C=O) groups excluding carboxylic acids is 5. The van der Waals surface area contributed by atoms with Crippen LogP contribution in [0, 0.1) is 17.8 Å². The second-order valence-electron chi connectivity index (χ2n) is 9.38. The van der Waals surface area contributed by atoms with E-state index in [4.69, 9.17) is 11.5 Å². The van der Waals surface area contributed by atoms with Crippen molar-refractivity contribution in [1.82, 2.24) is 0 Å². The largest absolute Gasteiger partial charge is 0.507 e. The van der Waals surface area contributed by atoms with E-state index >= 15 is 0 Å². The van der Waals surface area contributed by atoms with Crippen molar-refractivity contribution in [3.63, 3.8) is 0 Å². The Morgan fingerprint density at radius 1 is 1.08 bits per heavy atom. The van der Waals surface area contributed by atoms with Gasteiger partial charge in [-0.2, -0.15) is 0 Å². The zero-order valence-electron chi connectivity index (χ0n) is 19.3. The molecule has 4 atom stereocenters. The molecule has 2 amide bonds. The number of hydrogen-bond acceptors (Lipinski definition) is 8. The summed E-state index contributed by atoms with van der Waals surface area (Å²) in [5.74, 6) is -8.03. The van der Waals surface area contributed by atoms with Gasteiger partial charge in [-0.15, -0.1) is 0 Å². The highest BCUT2D eigenvalue weighted by molar-refractivity contribution is 6.24. The Balaban J connectivity index is 1.83. The number of aliphatic hydroxyl groups is 2. The first-order valence-electron chi connectivity index (χ1n) is 11.5. The lowest BCUT2D eigenvalue weighted by Crippen LogP contribution is -2.63. The van der Waals surface area contributed by atoms with Crippen LogP contribution in [-0.2, 0) is 20.8 Å². The molecule has 2 aromatic carbocycles. The molecule has 4 rings (SSSR count). The fraction of sp³-hybridized carbons (Fsp3) is 0.346. The molecule has 0 radical (unpaired) electrons. The van der Waals surface area contributed by atoms with Crippen LogP contribution in [0.4, 0.5) is 0 Å². The van der Waals surface area contributed by atoms with E-state index in [2.05, 4.69) is 0 Å². The number of rotatable bonds is 7. The molecule has 10 heteroatoms. The Morgan fingerprint density at radius 3 is 2.44 bits per heavy atom. The van der Waals surface area contributed by atoms with Crippen LogP contribution < -0.4 is 11.5 Å². The first kappa shape index (κ1) is 25.2.